The predicted molar refractivity (Wildman–Crippen MR) is 113 cm³/mol. The Hall–Kier alpha value is -1.72. The van der Waals surface area contributed by atoms with Crippen molar-refractivity contribution in [1.82, 2.24) is 20.0 Å². The van der Waals surface area contributed by atoms with Gasteiger partial charge in [0, 0.05) is 48.0 Å². The Balaban J connectivity index is 1.89. The Bertz CT molecular complexity index is 775. The topological polar surface area (TPSA) is 33.1 Å². The van der Waals surface area contributed by atoms with Gasteiger partial charge in [0.25, 0.3) is 0 Å². The van der Waals surface area contributed by atoms with Crippen molar-refractivity contribution in [1.29, 1.82) is 0 Å². The molecule has 3 rings (SSSR count). The molecule has 0 aliphatic carbocycles. The minimum atomic E-state index is -0.181. The van der Waals surface area contributed by atoms with Gasteiger partial charge in [-0.15, -0.1) is 0 Å². The lowest BCUT2D eigenvalue weighted by molar-refractivity contribution is 0.0562. The molecular formula is C23H35FN4. The standard InChI is InChI=1S/C23H35FN4/c1-7-28-17(2)19(14-25-28)16-27(15-18-8-10-20(24)11-9-18)21-12-22(3,4)26-23(5,6)13-21/h8-11,14,21,26H,7,12-13,15-16H2,1-6H3. The Labute approximate surface area is 169 Å². The van der Waals surface area contributed by atoms with E-state index in [1.807, 2.05) is 18.3 Å². The van der Waals surface area contributed by atoms with E-state index in [1.165, 1.54) is 11.3 Å². The summed E-state index contributed by atoms with van der Waals surface area (Å²) in [5.41, 5.74) is 3.82. The van der Waals surface area contributed by atoms with Crippen LogP contribution in [0.1, 0.15) is 64.3 Å². The first-order valence-corrected chi connectivity index (χ1v) is 10.4. The summed E-state index contributed by atoms with van der Waals surface area (Å²) >= 11 is 0. The molecule has 1 N–H and O–H groups in total. The largest absolute Gasteiger partial charge is 0.307 e. The van der Waals surface area contributed by atoms with E-state index in [4.69, 9.17) is 0 Å². The molecule has 2 aromatic rings. The first-order chi connectivity index (χ1) is 13.1. The molecule has 28 heavy (non-hydrogen) atoms. The van der Waals surface area contributed by atoms with Gasteiger partial charge < -0.3 is 5.32 Å². The van der Waals surface area contributed by atoms with Gasteiger partial charge in [0.1, 0.15) is 5.82 Å². The van der Waals surface area contributed by atoms with E-state index in [0.29, 0.717) is 6.04 Å². The minimum Gasteiger partial charge on any atom is -0.307 e. The van der Waals surface area contributed by atoms with Gasteiger partial charge in [0.15, 0.2) is 0 Å². The highest BCUT2D eigenvalue weighted by molar-refractivity contribution is 5.19. The number of nitrogens with one attached hydrogen (secondary N) is 1. The van der Waals surface area contributed by atoms with Crippen molar-refractivity contribution in [3.8, 4) is 0 Å². The third-order valence-electron chi connectivity index (χ3n) is 5.86. The molecule has 4 nitrogen and oxygen atoms in total. The second kappa shape index (κ2) is 7.96. The van der Waals surface area contributed by atoms with E-state index in [1.54, 1.807) is 12.1 Å². The van der Waals surface area contributed by atoms with E-state index in [2.05, 4.69) is 61.5 Å². The fourth-order valence-electron chi connectivity index (χ4n) is 4.84. The molecule has 2 heterocycles. The van der Waals surface area contributed by atoms with Gasteiger partial charge in [-0.05, 0) is 72.1 Å². The quantitative estimate of drug-likeness (QED) is 0.784. The summed E-state index contributed by atoms with van der Waals surface area (Å²) in [6, 6.07) is 7.37. The van der Waals surface area contributed by atoms with Crippen molar-refractivity contribution >= 4 is 0 Å². The first-order valence-electron chi connectivity index (χ1n) is 10.4. The molecule has 1 aromatic carbocycles. The Kier molecular flexibility index (Phi) is 5.97. The molecule has 1 aliphatic rings. The fraction of sp³-hybridized carbons (Fsp3) is 0.609. The van der Waals surface area contributed by atoms with Crippen LogP contribution in [-0.4, -0.2) is 31.8 Å². The summed E-state index contributed by atoms with van der Waals surface area (Å²) in [5, 5.41) is 8.32. The molecule has 0 radical (unpaired) electrons. The van der Waals surface area contributed by atoms with Gasteiger partial charge in [-0.1, -0.05) is 12.1 Å². The summed E-state index contributed by atoms with van der Waals surface area (Å²) < 4.78 is 15.4. The van der Waals surface area contributed by atoms with Crippen molar-refractivity contribution in [2.45, 2.75) is 91.1 Å². The molecule has 1 saturated heterocycles. The monoisotopic (exact) mass is 386 g/mol. The molecular weight excluding hydrogens is 351 g/mol. The number of rotatable bonds is 6. The molecule has 154 valence electrons. The van der Waals surface area contributed by atoms with Crippen molar-refractivity contribution < 1.29 is 4.39 Å². The number of benzene rings is 1. The zero-order valence-corrected chi connectivity index (χ0v) is 18.2. The highest BCUT2D eigenvalue weighted by Gasteiger charge is 2.40. The highest BCUT2D eigenvalue weighted by atomic mass is 19.1. The fourth-order valence-corrected chi connectivity index (χ4v) is 4.84. The highest BCUT2D eigenvalue weighted by Crippen LogP contribution is 2.33. The van der Waals surface area contributed by atoms with Crippen LogP contribution in [0.5, 0.6) is 0 Å². The van der Waals surface area contributed by atoms with Crippen molar-refractivity contribution in [3.63, 3.8) is 0 Å². The molecule has 0 spiro atoms. The van der Waals surface area contributed by atoms with Crippen LogP contribution in [-0.2, 0) is 19.6 Å². The van der Waals surface area contributed by atoms with E-state index in [9.17, 15) is 4.39 Å². The zero-order valence-electron chi connectivity index (χ0n) is 18.2. The van der Waals surface area contributed by atoms with E-state index in [0.717, 1.165) is 38.0 Å². The molecule has 5 heteroatoms. The predicted octanol–water partition coefficient (Wildman–Crippen LogP) is 4.66. The van der Waals surface area contributed by atoms with Crippen LogP contribution in [0.15, 0.2) is 30.5 Å². The maximum Gasteiger partial charge on any atom is 0.123 e. The molecule has 1 fully saturated rings. The lowest BCUT2D eigenvalue weighted by Crippen LogP contribution is -2.62. The first kappa shape index (κ1) is 21.0. The normalized spacial score (nSPS) is 19.3. The van der Waals surface area contributed by atoms with Crippen LogP contribution in [0.2, 0.25) is 0 Å². The van der Waals surface area contributed by atoms with Crippen LogP contribution in [0.3, 0.4) is 0 Å². The maximum atomic E-state index is 13.4. The molecule has 0 saturated carbocycles. The van der Waals surface area contributed by atoms with Crippen LogP contribution in [0.4, 0.5) is 4.39 Å². The SMILES string of the molecule is CCn1ncc(CN(Cc2ccc(F)cc2)C2CC(C)(C)NC(C)(C)C2)c1C. The molecule has 0 bridgehead atoms. The third-order valence-corrected chi connectivity index (χ3v) is 5.86. The Morgan fingerprint density at radius 3 is 2.25 bits per heavy atom. The van der Waals surface area contributed by atoms with Crippen LogP contribution in [0, 0.1) is 12.7 Å². The summed E-state index contributed by atoms with van der Waals surface area (Å²) in [5.74, 6) is -0.181. The second-order valence-corrected chi connectivity index (χ2v) is 9.56. The Morgan fingerprint density at radius 1 is 1.11 bits per heavy atom. The van der Waals surface area contributed by atoms with Gasteiger partial charge in [-0.3, -0.25) is 9.58 Å². The third kappa shape index (κ3) is 5.00. The van der Waals surface area contributed by atoms with E-state index >= 15 is 0 Å². The summed E-state index contributed by atoms with van der Waals surface area (Å²) in [6.07, 6.45) is 4.17. The molecule has 1 aliphatic heterocycles. The number of halogens is 1. The smallest absolute Gasteiger partial charge is 0.123 e. The van der Waals surface area contributed by atoms with Crippen LogP contribution >= 0.6 is 0 Å². The van der Waals surface area contributed by atoms with Gasteiger partial charge in [0.05, 0.1) is 6.20 Å². The summed E-state index contributed by atoms with van der Waals surface area (Å²) in [7, 11) is 0. The number of aromatic nitrogens is 2. The summed E-state index contributed by atoms with van der Waals surface area (Å²) in [4.78, 5) is 2.56. The van der Waals surface area contributed by atoms with Crippen LogP contribution < -0.4 is 5.32 Å². The van der Waals surface area contributed by atoms with Crippen molar-refractivity contribution in [2.75, 3.05) is 0 Å². The van der Waals surface area contributed by atoms with E-state index < -0.39 is 0 Å². The summed E-state index contributed by atoms with van der Waals surface area (Å²) in [6.45, 7) is 16.0. The second-order valence-electron chi connectivity index (χ2n) is 9.56. The minimum absolute atomic E-state index is 0.0795. The molecule has 0 unspecified atom stereocenters. The molecule has 0 amide bonds. The van der Waals surface area contributed by atoms with Crippen molar-refractivity contribution in [3.05, 3.63) is 53.1 Å². The lowest BCUT2D eigenvalue weighted by Gasteiger charge is -2.49. The average molecular weight is 387 g/mol. The number of piperidine rings is 1. The van der Waals surface area contributed by atoms with Gasteiger partial charge in [-0.25, -0.2) is 4.39 Å². The average Bonchev–Trinajstić information content (AvgIpc) is 2.93. The molecule has 0 atom stereocenters. The van der Waals surface area contributed by atoms with Crippen molar-refractivity contribution in [2.24, 2.45) is 0 Å². The number of aryl methyl sites for hydroxylation is 1. The van der Waals surface area contributed by atoms with E-state index in [-0.39, 0.29) is 16.9 Å². The Morgan fingerprint density at radius 2 is 1.71 bits per heavy atom. The van der Waals surface area contributed by atoms with Gasteiger partial charge in [0.2, 0.25) is 0 Å². The number of hydrogen-bond donors (Lipinski definition) is 1. The number of nitrogens with zero attached hydrogens (tertiary/aromatic N) is 3. The van der Waals surface area contributed by atoms with Crippen LogP contribution in [0.25, 0.3) is 0 Å². The van der Waals surface area contributed by atoms with Gasteiger partial charge >= 0.3 is 0 Å². The zero-order chi connectivity index (χ0) is 20.5. The lowest BCUT2D eigenvalue weighted by atomic mass is 9.78. The maximum absolute atomic E-state index is 13.4. The number of hydrogen-bond acceptors (Lipinski definition) is 3. The van der Waals surface area contributed by atoms with Gasteiger partial charge in [-0.2, -0.15) is 5.10 Å². The molecule has 1 aromatic heterocycles.